The highest BCUT2D eigenvalue weighted by Crippen LogP contribution is 2.52. The highest BCUT2D eigenvalue weighted by atomic mass is 32.2. The van der Waals surface area contributed by atoms with Crippen molar-refractivity contribution in [2.45, 2.75) is 43.6 Å². The number of nitrogens with one attached hydrogen (secondary N) is 2. The summed E-state index contributed by atoms with van der Waals surface area (Å²) in [6, 6.07) is -1.36. The molecule has 0 radical (unpaired) electrons. The Labute approximate surface area is 208 Å². The minimum Gasteiger partial charge on any atom is -0.477 e. The summed E-state index contributed by atoms with van der Waals surface area (Å²) in [7, 11) is 2.19. The number of hydrogen-bond donors (Lipinski definition) is 3. The number of fused-ring (bicyclic) bond motifs is 1. The number of carboxylic acids is 1. The Morgan fingerprint density at radius 3 is 2.49 bits per heavy atom. The number of thioether (sulfide) groups is 1. The molecule has 3 amide bonds. The lowest BCUT2D eigenvalue weighted by Gasteiger charge is -2.47. The van der Waals surface area contributed by atoms with Gasteiger partial charge in [-0.3, -0.25) is 18.9 Å². The van der Waals surface area contributed by atoms with Gasteiger partial charge in [-0.1, -0.05) is 6.92 Å². The van der Waals surface area contributed by atoms with Crippen LogP contribution in [0.5, 0.6) is 0 Å². The van der Waals surface area contributed by atoms with Crippen molar-refractivity contribution in [1.29, 1.82) is 0 Å². The molecule has 2 fully saturated rings. The Bertz CT molecular complexity index is 980. The first kappa shape index (κ1) is 27.7. The fourth-order valence-electron chi connectivity index (χ4n) is 4.94. The van der Waals surface area contributed by atoms with Gasteiger partial charge in [-0.25, -0.2) is 4.79 Å². The van der Waals surface area contributed by atoms with Gasteiger partial charge in [0.05, 0.1) is 18.0 Å². The minimum atomic E-state index is -3.56. The van der Waals surface area contributed by atoms with Crippen molar-refractivity contribution in [3.63, 3.8) is 0 Å². The van der Waals surface area contributed by atoms with Gasteiger partial charge in [-0.05, 0) is 13.3 Å². The topological polar surface area (TPSA) is 155 Å². The van der Waals surface area contributed by atoms with E-state index in [-0.39, 0.29) is 34.7 Å². The van der Waals surface area contributed by atoms with E-state index in [0.717, 1.165) is 0 Å². The van der Waals surface area contributed by atoms with Crippen molar-refractivity contribution in [3.05, 3.63) is 10.6 Å². The predicted octanol–water partition coefficient (Wildman–Crippen LogP) is 0.302. The summed E-state index contributed by atoms with van der Waals surface area (Å²) >= 11 is 1.40. The zero-order chi connectivity index (χ0) is 26.2. The molecule has 3 aliphatic rings. The van der Waals surface area contributed by atoms with Crippen LogP contribution in [0.3, 0.4) is 0 Å². The van der Waals surface area contributed by atoms with Crippen molar-refractivity contribution in [2.24, 2.45) is 11.8 Å². The van der Waals surface area contributed by atoms with E-state index < -0.39 is 43.6 Å². The van der Waals surface area contributed by atoms with E-state index in [0.29, 0.717) is 17.9 Å². The number of hydrogen-bond acceptors (Lipinski definition) is 9. The number of rotatable bonds is 10. The summed E-state index contributed by atoms with van der Waals surface area (Å²) in [6.45, 7) is 4.09. The predicted molar refractivity (Wildman–Crippen MR) is 129 cm³/mol. The first-order valence-electron chi connectivity index (χ1n) is 11.3. The van der Waals surface area contributed by atoms with Crippen LogP contribution in [0.25, 0.3) is 0 Å². The van der Waals surface area contributed by atoms with Crippen molar-refractivity contribution in [2.75, 3.05) is 41.0 Å². The second-order valence-electron chi connectivity index (χ2n) is 9.19. The third-order valence-corrected chi connectivity index (χ3v) is 10.0. The largest absolute Gasteiger partial charge is 0.477 e. The van der Waals surface area contributed by atoms with Gasteiger partial charge in [-0.2, -0.15) is 0 Å². The molecule has 3 heterocycles. The summed E-state index contributed by atoms with van der Waals surface area (Å²) in [5.41, 5.74) is -0.0297. The molecule has 3 N–H and O–H groups in total. The number of aliphatic carboxylic acids is 1. The number of amides is 3. The Kier molecular flexibility index (Phi) is 8.37. The maximum atomic E-state index is 13.0. The summed E-state index contributed by atoms with van der Waals surface area (Å²) in [5, 5.41) is 15.8. The molecule has 0 aromatic heterocycles. The van der Waals surface area contributed by atoms with Gasteiger partial charge >= 0.3 is 13.6 Å². The zero-order valence-electron chi connectivity index (χ0n) is 20.6. The normalized spacial score (nSPS) is 29.0. The molecule has 35 heavy (non-hydrogen) atoms. The fourth-order valence-corrected chi connectivity index (χ4v) is 7.27. The van der Waals surface area contributed by atoms with E-state index in [1.807, 2.05) is 6.92 Å². The Hall–Kier alpha value is -1.92. The fraction of sp³-hybridized carbons (Fsp3) is 0.714. The molecule has 3 aliphatic heterocycles. The van der Waals surface area contributed by atoms with Crippen molar-refractivity contribution >= 4 is 43.0 Å². The maximum absolute atomic E-state index is 13.0. The first-order chi connectivity index (χ1) is 16.3. The van der Waals surface area contributed by atoms with Crippen LogP contribution in [-0.2, 0) is 32.8 Å². The average Bonchev–Trinajstić information content (AvgIpc) is 3.34. The number of likely N-dealkylation sites (N-methyl/N-ethyl adjacent to an activating group) is 1. The number of carboxylic acid groups (broad SMARTS) is 1. The third-order valence-electron chi connectivity index (χ3n) is 6.74. The summed E-state index contributed by atoms with van der Waals surface area (Å²) in [5.74, 6) is -3.07. The van der Waals surface area contributed by atoms with Crippen LogP contribution >= 0.6 is 19.4 Å². The van der Waals surface area contributed by atoms with Crippen LogP contribution in [0.2, 0.25) is 0 Å². The summed E-state index contributed by atoms with van der Waals surface area (Å²) in [6.07, 6.45) is 0.0643. The lowest BCUT2D eigenvalue weighted by atomic mass is 9.78. The molecule has 6 atom stereocenters. The van der Waals surface area contributed by atoms with Crippen molar-refractivity contribution in [1.82, 2.24) is 20.4 Å². The van der Waals surface area contributed by atoms with Crippen LogP contribution in [-0.4, -0.2) is 103 Å². The van der Waals surface area contributed by atoms with E-state index >= 15 is 0 Å². The Balaban J connectivity index is 1.71. The SMILES string of the molecule is COP(=O)(CC(=O)N[C@H](C)[C@H]1C(=O)N2C(C(=O)O)=C(S[C@@H]3CN[C@H](C(=O)N(C)C)C3)[C@H](C)[C@H]12)OC. The van der Waals surface area contributed by atoms with Crippen molar-refractivity contribution < 1.29 is 37.9 Å². The van der Waals surface area contributed by atoms with Crippen LogP contribution in [0.1, 0.15) is 20.3 Å². The van der Waals surface area contributed by atoms with Gasteiger partial charge in [0.15, 0.2) is 0 Å². The van der Waals surface area contributed by atoms with E-state index in [1.165, 1.54) is 35.8 Å². The van der Waals surface area contributed by atoms with E-state index in [1.54, 1.807) is 21.0 Å². The molecular formula is C21H33N4O8PS. The number of nitrogens with zero attached hydrogens (tertiary/aromatic N) is 2. The summed E-state index contributed by atoms with van der Waals surface area (Å²) in [4.78, 5) is 53.3. The minimum absolute atomic E-state index is 0.0164. The van der Waals surface area contributed by atoms with Crippen LogP contribution in [0.4, 0.5) is 0 Å². The van der Waals surface area contributed by atoms with E-state index in [9.17, 15) is 28.8 Å². The monoisotopic (exact) mass is 532 g/mol. The summed E-state index contributed by atoms with van der Waals surface area (Å²) < 4.78 is 21.8. The highest BCUT2D eigenvalue weighted by molar-refractivity contribution is 8.03. The van der Waals surface area contributed by atoms with E-state index in [4.69, 9.17) is 9.05 Å². The number of carbonyl (C=O) groups is 4. The maximum Gasteiger partial charge on any atom is 0.353 e. The molecule has 14 heteroatoms. The first-order valence-corrected chi connectivity index (χ1v) is 13.9. The quantitative estimate of drug-likeness (QED) is 0.264. The number of β-lactam (4-membered cyclic amide) rings is 1. The van der Waals surface area contributed by atoms with Crippen molar-refractivity contribution in [3.8, 4) is 0 Å². The molecule has 0 unspecified atom stereocenters. The lowest BCUT2D eigenvalue weighted by molar-refractivity contribution is -0.158. The molecule has 196 valence electrons. The smallest absolute Gasteiger partial charge is 0.353 e. The molecule has 0 aliphatic carbocycles. The number of carbonyl (C=O) groups excluding carboxylic acids is 3. The Morgan fingerprint density at radius 2 is 1.94 bits per heavy atom. The lowest BCUT2D eigenvalue weighted by Crippen LogP contribution is -2.66. The molecular weight excluding hydrogens is 499 g/mol. The molecule has 0 saturated carbocycles. The molecule has 0 spiro atoms. The second-order valence-corrected chi connectivity index (χ2v) is 12.8. The average molecular weight is 533 g/mol. The van der Waals surface area contributed by atoms with Gasteiger partial charge in [0.2, 0.25) is 17.7 Å². The Morgan fingerprint density at radius 1 is 1.31 bits per heavy atom. The molecule has 0 aromatic carbocycles. The second kappa shape index (κ2) is 10.6. The molecule has 2 saturated heterocycles. The molecule has 0 bridgehead atoms. The molecule has 12 nitrogen and oxygen atoms in total. The van der Waals surface area contributed by atoms with Gasteiger partial charge < -0.3 is 34.6 Å². The van der Waals surface area contributed by atoms with Crippen LogP contribution in [0.15, 0.2) is 10.6 Å². The van der Waals surface area contributed by atoms with Gasteiger partial charge in [-0.15, -0.1) is 11.8 Å². The van der Waals surface area contributed by atoms with E-state index in [2.05, 4.69) is 10.6 Å². The van der Waals surface area contributed by atoms with Gasteiger partial charge in [0.1, 0.15) is 11.9 Å². The van der Waals surface area contributed by atoms with Crippen LogP contribution in [0, 0.1) is 11.8 Å². The third kappa shape index (κ3) is 5.29. The zero-order valence-corrected chi connectivity index (χ0v) is 22.4. The molecule has 3 rings (SSSR count). The molecule has 0 aromatic rings. The highest BCUT2D eigenvalue weighted by Gasteiger charge is 2.60. The van der Waals surface area contributed by atoms with Gasteiger partial charge in [0.25, 0.3) is 0 Å². The van der Waals surface area contributed by atoms with Crippen LogP contribution < -0.4 is 10.6 Å². The standard InChI is InChI=1S/C21H33N4O8PS/c1-10-16-15(11(2)23-14(26)9-34(31,32-5)33-6)20(28)25(16)17(21(29)30)18(10)35-12-7-13(22-8-12)19(27)24(3)4/h10-13,15-16,22H,7-9H2,1-6H3,(H,23,26)(H,29,30)/t10-,11-,12+,13+,15-,16-/m1/s1. The van der Waals surface area contributed by atoms with Gasteiger partial charge in [0, 0.05) is 57.0 Å².